The third-order valence-electron chi connectivity index (χ3n) is 7.25. The van der Waals surface area contributed by atoms with E-state index in [9.17, 15) is 24.0 Å². The van der Waals surface area contributed by atoms with Crippen molar-refractivity contribution in [2.75, 3.05) is 20.3 Å². The molecule has 1 N–H and O–H groups in total. The average Bonchev–Trinajstić information content (AvgIpc) is 2.99. The van der Waals surface area contributed by atoms with Crippen LogP contribution in [-0.2, 0) is 71.3 Å². The van der Waals surface area contributed by atoms with Crippen molar-refractivity contribution in [2.24, 2.45) is 0 Å². The summed E-state index contributed by atoms with van der Waals surface area (Å²) in [5.74, 6) is -3.49. The fraction of sp³-hybridized carbons (Fsp3) is 0.633. The molecule has 0 spiro atoms. The van der Waals surface area contributed by atoms with Gasteiger partial charge in [0.1, 0.15) is 37.1 Å². The molecule has 3 heterocycles. The molecule has 3 fully saturated rings. The summed E-state index contributed by atoms with van der Waals surface area (Å²) < 4.78 is 58.3. The molecular formula is C30H39NO15. The number of carbonyl (C=O) groups excluding carboxylic acids is 5. The summed E-state index contributed by atoms with van der Waals surface area (Å²) in [7, 11) is 1.38. The van der Waals surface area contributed by atoms with Crippen molar-refractivity contribution in [1.29, 1.82) is 0 Å². The average molecular weight is 654 g/mol. The molecule has 46 heavy (non-hydrogen) atoms. The summed E-state index contributed by atoms with van der Waals surface area (Å²) in [5.41, 5.74) is 0.705. The predicted octanol–water partition coefficient (Wildman–Crippen LogP) is 0.445. The van der Waals surface area contributed by atoms with Crippen LogP contribution in [0.25, 0.3) is 0 Å². The molecule has 0 unspecified atom stereocenters. The van der Waals surface area contributed by atoms with E-state index in [0.29, 0.717) is 5.56 Å². The van der Waals surface area contributed by atoms with Crippen molar-refractivity contribution in [3.8, 4) is 0 Å². The summed E-state index contributed by atoms with van der Waals surface area (Å²) in [6.45, 7) is 5.41. The number of benzene rings is 1. The second kappa shape index (κ2) is 15.8. The summed E-state index contributed by atoms with van der Waals surface area (Å²) in [4.78, 5) is 60.9. The molecule has 0 aliphatic carbocycles. The Balaban J connectivity index is 1.76. The van der Waals surface area contributed by atoms with Gasteiger partial charge in [0.05, 0.1) is 6.61 Å². The molecule has 16 nitrogen and oxygen atoms in total. The van der Waals surface area contributed by atoms with E-state index in [2.05, 4.69) is 5.32 Å². The van der Waals surface area contributed by atoms with Crippen LogP contribution in [0, 0.1) is 0 Å². The van der Waals surface area contributed by atoms with E-state index in [1.165, 1.54) is 21.0 Å². The number of nitrogens with one attached hydrogen (secondary N) is 1. The van der Waals surface area contributed by atoms with Gasteiger partial charge in [0.25, 0.3) is 0 Å². The van der Waals surface area contributed by atoms with Crippen LogP contribution in [0.4, 0.5) is 0 Å². The van der Waals surface area contributed by atoms with Crippen LogP contribution in [0.1, 0.15) is 46.5 Å². The SMILES string of the molecule is CO[C@H]1O[C@@H]2CO[C@H](c3ccccc3)O[C@H]2[C@@H](O[C@H]2O[C@@H](COC(C)=O)[C@H](OC(C)=O)[C@@H](OC(C)=O)[C@@H]2OC(C)=O)[C@@H]1NC(C)=O. The third kappa shape index (κ3) is 8.77. The Bertz CT molecular complexity index is 1240. The topological polar surface area (TPSA) is 190 Å². The van der Waals surface area contributed by atoms with E-state index in [0.717, 1.165) is 20.8 Å². The van der Waals surface area contributed by atoms with Gasteiger partial charge < -0.3 is 52.7 Å². The quantitative estimate of drug-likeness (QED) is 0.270. The van der Waals surface area contributed by atoms with Gasteiger partial charge in [-0.25, -0.2) is 0 Å². The number of ether oxygens (including phenoxy) is 10. The molecule has 11 atom stereocenters. The zero-order valence-electron chi connectivity index (χ0n) is 26.3. The van der Waals surface area contributed by atoms with Crippen LogP contribution in [0.2, 0.25) is 0 Å². The lowest BCUT2D eigenvalue weighted by Crippen LogP contribution is -2.70. The van der Waals surface area contributed by atoms with Crippen molar-refractivity contribution in [1.82, 2.24) is 5.32 Å². The molecular weight excluding hydrogens is 614 g/mol. The highest BCUT2D eigenvalue weighted by Gasteiger charge is 2.57. The second-order valence-corrected chi connectivity index (χ2v) is 10.8. The van der Waals surface area contributed by atoms with Gasteiger partial charge in [-0.2, -0.15) is 0 Å². The maximum Gasteiger partial charge on any atom is 0.303 e. The minimum atomic E-state index is -1.56. The molecule has 1 aromatic carbocycles. The largest absolute Gasteiger partial charge is 0.463 e. The highest BCUT2D eigenvalue weighted by molar-refractivity contribution is 5.73. The van der Waals surface area contributed by atoms with Crippen molar-refractivity contribution in [2.45, 2.75) is 102 Å². The second-order valence-electron chi connectivity index (χ2n) is 10.8. The monoisotopic (exact) mass is 653 g/mol. The van der Waals surface area contributed by atoms with Gasteiger partial charge in [-0.05, 0) is 0 Å². The molecule has 0 saturated carbocycles. The van der Waals surface area contributed by atoms with Gasteiger partial charge in [0.15, 0.2) is 37.2 Å². The lowest BCUT2D eigenvalue weighted by molar-refractivity contribution is -0.376. The Labute approximate surface area is 265 Å². The van der Waals surface area contributed by atoms with E-state index >= 15 is 0 Å². The molecule has 16 heteroatoms. The maximum atomic E-state index is 12.4. The molecule has 3 saturated heterocycles. The number of amides is 1. The first-order valence-electron chi connectivity index (χ1n) is 14.6. The Morgan fingerprint density at radius 2 is 1.39 bits per heavy atom. The number of hydrogen-bond acceptors (Lipinski definition) is 15. The number of rotatable bonds is 10. The zero-order valence-corrected chi connectivity index (χ0v) is 26.3. The van der Waals surface area contributed by atoms with Crippen LogP contribution < -0.4 is 5.32 Å². The molecule has 0 aromatic heterocycles. The van der Waals surface area contributed by atoms with Gasteiger partial charge in [0, 0.05) is 47.3 Å². The van der Waals surface area contributed by atoms with Crippen LogP contribution in [0.5, 0.6) is 0 Å². The summed E-state index contributed by atoms with van der Waals surface area (Å²) in [6.07, 6.45) is -11.9. The van der Waals surface area contributed by atoms with Crippen molar-refractivity contribution in [3.05, 3.63) is 35.9 Å². The summed E-state index contributed by atoms with van der Waals surface area (Å²) >= 11 is 0. The zero-order chi connectivity index (χ0) is 33.5. The third-order valence-corrected chi connectivity index (χ3v) is 7.25. The van der Waals surface area contributed by atoms with Crippen molar-refractivity contribution < 1.29 is 71.3 Å². The fourth-order valence-electron chi connectivity index (χ4n) is 5.56. The predicted molar refractivity (Wildman–Crippen MR) is 150 cm³/mol. The van der Waals surface area contributed by atoms with Crippen LogP contribution in [0.15, 0.2) is 30.3 Å². The maximum absolute atomic E-state index is 12.4. The fourth-order valence-corrected chi connectivity index (χ4v) is 5.56. The lowest BCUT2D eigenvalue weighted by atomic mass is 9.94. The molecule has 0 bridgehead atoms. The van der Waals surface area contributed by atoms with E-state index in [1.807, 2.05) is 30.3 Å². The molecule has 0 radical (unpaired) electrons. The number of fused-ring (bicyclic) bond motifs is 1. The minimum Gasteiger partial charge on any atom is -0.463 e. The van der Waals surface area contributed by atoms with Gasteiger partial charge in [-0.3, -0.25) is 24.0 Å². The first kappa shape index (κ1) is 35.2. The van der Waals surface area contributed by atoms with E-state index in [1.54, 1.807) is 0 Å². The molecule has 1 aromatic rings. The van der Waals surface area contributed by atoms with Crippen LogP contribution in [-0.4, -0.2) is 111 Å². The molecule has 3 aliphatic heterocycles. The summed E-state index contributed by atoms with van der Waals surface area (Å²) in [6, 6.07) is 8.09. The molecule has 4 rings (SSSR count). The molecule has 254 valence electrons. The van der Waals surface area contributed by atoms with Gasteiger partial charge in [0.2, 0.25) is 5.91 Å². The van der Waals surface area contributed by atoms with Crippen LogP contribution in [0.3, 0.4) is 0 Å². The minimum absolute atomic E-state index is 0.0509. The highest BCUT2D eigenvalue weighted by Crippen LogP contribution is 2.38. The lowest BCUT2D eigenvalue weighted by Gasteiger charge is -2.51. The smallest absolute Gasteiger partial charge is 0.303 e. The van der Waals surface area contributed by atoms with Gasteiger partial charge in [-0.1, -0.05) is 30.3 Å². The first-order chi connectivity index (χ1) is 21.9. The highest BCUT2D eigenvalue weighted by atomic mass is 16.8. The summed E-state index contributed by atoms with van der Waals surface area (Å²) in [5, 5.41) is 2.77. The Hall–Kier alpha value is -3.67. The van der Waals surface area contributed by atoms with Gasteiger partial charge in [-0.15, -0.1) is 0 Å². The van der Waals surface area contributed by atoms with Crippen LogP contribution >= 0.6 is 0 Å². The number of esters is 4. The number of hydrogen-bond donors (Lipinski definition) is 1. The van der Waals surface area contributed by atoms with E-state index in [4.69, 9.17) is 47.4 Å². The Kier molecular flexibility index (Phi) is 12.0. The van der Waals surface area contributed by atoms with Crippen molar-refractivity contribution >= 4 is 29.8 Å². The standard InChI is InChI=1S/C30H39NO15/c1-14(32)31-22-25(23-21(43-29(22)37-6)13-39-28(45-23)19-10-8-7-9-11-19)46-30-27(42-18(5)36)26(41-17(4)35)24(40-16(3)34)20(44-30)12-38-15(2)33/h7-11,20-30H,12-13H2,1-6H3,(H,31,32)/t20-,21+,22-,23+,24-,25-,26+,27-,28-,29-,30+/m0/s1. The Morgan fingerprint density at radius 1 is 0.761 bits per heavy atom. The number of carbonyl (C=O) groups is 5. The normalized spacial score (nSPS) is 33.9. The van der Waals surface area contributed by atoms with E-state index < -0.39 is 104 Å². The number of methoxy groups -OCH3 is 1. The van der Waals surface area contributed by atoms with Gasteiger partial charge >= 0.3 is 23.9 Å². The first-order valence-corrected chi connectivity index (χ1v) is 14.6. The Morgan fingerprint density at radius 3 is 1.98 bits per heavy atom. The molecule has 1 amide bonds. The molecule has 3 aliphatic rings. The van der Waals surface area contributed by atoms with E-state index in [-0.39, 0.29) is 6.61 Å². The van der Waals surface area contributed by atoms with Crippen molar-refractivity contribution in [3.63, 3.8) is 0 Å².